The molecular formula is C18H28N2. The fourth-order valence-electron chi connectivity index (χ4n) is 4.47. The van der Waals surface area contributed by atoms with Crippen molar-refractivity contribution in [1.82, 2.24) is 4.90 Å². The largest absolute Gasteiger partial charge is 0.329 e. The Bertz CT molecular complexity index is 469. The SMILES string of the molecule is CC1CC(C)(C)CCC1(CN)N1Cc2ccccc2C1. The topological polar surface area (TPSA) is 29.3 Å². The number of nitrogens with zero attached hydrogens (tertiary/aromatic N) is 1. The van der Waals surface area contributed by atoms with E-state index in [0.29, 0.717) is 11.3 Å². The summed E-state index contributed by atoms with van der Waals surface area (Å²) in [6, 6.07) is 8.86. The van der Waals surface area contributed by atoms with Gasteiger partial charge in [-0.2, -0.15) is 0 Å². The molecule has 3 rings (SSSR count). The summed E-state index contributed by atoms with van der Waals surface area (Å²) in [4.78, 5) is 2.66. The maximum atomic E-state index is 6.29. The van der Waals surface area contributed by atoms with Gasteiger partial charge in [0.15, 0.2) is 0 Å². The van der Waals surface area contributed by atoms with Crippen molar-refractivity contribution in [2.75, 3.05) is 6.54 Å². The molecule has 2 N–H and O–H groups in total. The molecule has 1 aromatic carbocycles. The van der Waals surface area contributed by atoms with Crippen LogP contribution in [0.4, 0.5) is 0 Å². The number of rotatable bonds is 2. The first-order valence-electron chi connectivity index (χ1n) is 7.99. The van der Waals surface area contributed by atoms with Crippen LogP contribution >= 0.6 is 0 Å². The zero-order valence-electron chi connectivity index (χ0n) is 13.2. The second-order valence-corrected chi connectivity index (χ2v) is 7.70. The van der Waals surface area contributed by atoms with Gasteiger partial charge in [0.25, 0.3) is 0 Å². The quantitative estimate of drug-likeness (QED) is 0.892. The molecule has 0 saturated heterocycles. The van der Waals surface area contributed by atoms with Gasteiger partial charge >= 0.3 is 0 Å². The monoisotopic (exact) mass is 272 g/mol. The maximum absolute atomic E-state index is 6.29. The van der Waals surface area contributed by atoms with E-state index in [1.54, 1.807) is 0 Å². The summed E-state index contributed by atoms with van der Waals surface area (Å²) in [5.41, 5.74) is 9.97. The molecule has 1 heterocycles. The molecule has 2 aliphatic rings. The van der Waals surface area contributed by atoms with E-state index in [9.17, 15) is 0 Å². The number of hydrogen-bond acceptors (Lipinski definition) is 2. The van der Waals surface area contributed by atoms with Crippen LogP contribution < -0.4 is 5.73 Å². The maximum Gasteiger partial charge on any atom is 0.0364 e. The molecule has 2 unspecified atom stereocenters. The molecule has 2 heteroatoms. The molecule has 1 saturated carbocycles. The lowest BCUT2D eigenvalue weighted by Crippen LogP contribution is -2.59. The summed E-state index contributed by atoms with van der Waals surface area (Å²) >= 11 is 0. The zero-order valence-corrected chi connectivity index (χ0v) is 13.2. The molecule has 1 fully saturated rings. The lowest BCUT2D eigenvalue weighted by Gasteiger charge is -2.52. The van der Waals surface area contributed by atoms with Crippen molar-refractivity contribution >= 4 is 0 Å². The fourth-order valence-corrected chi connectivity index (χ4v) is 4.47. The van der Waals surface area contributed by atoms with Crippen molar-refractivity contribution in [3.63, 3.8) is 0 Å². The number of fused-ring (bicyclic) bond motifs is 1. The van der Waals surface area contributed by atoms with Gasteiger partial charge in [-0.05, 0) is 41.7 Å². The highest BCUT2D eigenvalue weighted by Gasteiger charge is 2.47. The summed E-state index contributed by atoms with van der Waals surface area (Å²) in [5, 5.41) is 0. The number of benzene rings is 1. The van der Waals surface area contributed by atoms with Crippen molar-refractivity contribution in [2.24, 2.45) is 17.1 Å². The van der Waals surface area contributed by atoms with Gasteiger partial charge in [0.05, 0.1) is 0 Å². The predicted octanol–water partition coefficient (Wildman–Crippen LogP) is 3.55. The first-order valence-corrected chi connectivity index (χ1v) is 7.99. The third kappa shape index (κ3) is 2.19. The Hall–Kier alpha value is -0.860. The third-order valence-electron chi connectivity index (χ3n) is 5.83. The first-order chi connectivity index (χ1) is 9.47. The van der Waals surface area contributed by atoms with Gasteiger partial charge in [0.1, 0.15) is 0 Å². The molecule has 20 heavy (non-hydrogen) atoms. The first kappa shape index (κ1) is 14.1. The molecule has 2 nitrogen and oxygen atoms in total. The fraction of sp³-hybridized carbons (Fsp3) is 0.667. The van der Waals surface area contributed by atoms with Crippen molar-refractivity contribution in [3.05, 3.63) is 35.4 Å². The lowest BCUT2D eigenvalue weighted by molar-refractivity contribution is -0.0255. The average Bonchev–Trinajstić information content (AvgIpc) is 2.82. The van der Waals surface area contributed by atoms with E-state index in [2.05, 4.69) is 49.9 Å². The second kappa shape index (κ2) is 4.85. The molecule has 0 radical (unpaired) electrons. The molecule has 110 valence electrons. The van der Waals surface area contributed by atoms with E-state index in [-0.39, 0.29) is 5.54 Å². The van der Waals surface area contributed by atoms with E-state index >= 15 is 0 Å². The Kier molecular flexibility index (Phi) is 3.42. The summed E-state index contributed by atoms with van der Waals surface area (Å²) in [6.45, 7) is 10.2. The van der Waals surface area contributed by atoms with Crippen LogP contribution in [0.5, 0.6) is 0 Å². The molecule has 0 aromatic heterocycles. The minimum Gasteiger partial charge on any atom is -0.329 e. The standard InChI is InChI=1S/C18H28N2/c1-14-10-17(2,3)8-9-18(14,13-19)20-11-15-6-4-5-7-16(15)12-20/h4-7,14H,8-13,19H2,1-3H3. The summed E-state index contributed by atoms with van der Waals surface area (Å²) in [7, 11) is 0. The van der Waals surface area contributed by atoms with E-state index in [1.807, 2.05) is 0 Å². The van der Waals surface area contributed by atoms with Crippen LogP contribution in [-0.2, 0) is 13.1 Å². The Balaban J connectivity index is 1.85. The van der Waals surface area contributed by atoms with Crippen LogP contribution in [0.25, 0.3) is 0 Å². The highest BCUT2D eigenvalue weighted by molar-refractivity contribution is 5.31. The van der Waals surface area contributed by atoms with E-state index in [1.165, 1.54) is 30.4 Å². The molecule has 1 aromatic rings. The minimum atomic E-state index is 0.203. The van der Waals surface area contributed by atoms with Gasteiger partial charge in [0.2, 0.25) is 0 Å². The van der Waals surface area contributed by atoms with Crippen molar-refractivity contribution in [3.8, 4) is 0 Å². The average molecular weight is 272 g/mol. The molecule has 0 amide bonds. The van der Waals surface area contributed by atoms with Crippen molar-refractivity contribution in [2.45, 2.75) is 58.7 Å². The van der Waals surface area contributed by atoms with E-state index < -0.39 is 0 Å². The van der Waals surface area contributed by atoms with E-state index in [4.69, 9.17) is 5.73 Å². The molecular weight excluding hydrogens is 244 g/mol. The Morgan fingerprint density at radius 2 is 1.75 bits per heavy atom. The number of hydrogen-bond donors (Lipinski definition) is 1. The van der Waals surface area contributed by atoms with Gasteiger partial charge < -0.3 is 5.73 Å². The van der Waals surface area contributed by atoms with Crippen molar-refractivity contribution in [1.29, 1.82) is 0 Å². The summed E-state index contributed by atoms with van der Waals surface area (Å²) in [6.07, 6.45) is 3.82. The third-order valence-corrected chi connectivity index (χ3v) is 5.83. The van der Waals surface area contributed by atoms with Gasteiger partial charge in [-0.25, -0.2) is 0 Å². The Morgan fingerprint density at radius 3 is 2.25 bits per heavy atom. The van der Waals surface area contributed by atoms with E-state index in [0.717, 1.165) is 19.6 Å². The number of nitrogens with two attached hydrogens (primary N) is 1. The van der Waals surface area contributed by atoms with Gasteiger partial charge in [-0.15, -0.1) is 0 Å². The molecule has 2 atom stereocenters. The molecule has 0 bridgehead atoms. The Labute approximate surface area is 123 Å². The zero-order chi connectivity index (χ0) is 14.4. The smallest absolute Gasteiger partial charge is 0.0364 e. The van der Waals surface area contributed by atoms with Crippen LogP contribution in [0, 0.1) is 11.3 Å². The highest BCUT2D eigenvalue weighted by Crippen LogP contribution is 2.48. The second-order valence-electron chi connectivity index (χ2n) is 7.70. The highest BCUT2D eigenvalue weighted by atomic mass is 15.2. The lowest BCUT2D eigenvalue weighted by atomic mass is 9.63. The Morgan fingerprint density at radius 1 is 1.15 bits per heavy atom. The van der Waals surface area contributed by atoms with Crippen LogP contribution in [0.3, 0.4) is 0 Å². The van der Waals surface area contributed by atoms with Gasteiger partial charge in [0, 0.05) is 25.2 Å². The minimum absolute atomic E-state index is 0.203. The van der Waals surface area contributed by atoms with Crippen LogP contribution in [0.15, 0.2) is 24.3 Å². The van der Waals surface area contributed by atoms with Gasteiger partial charge in [-0.3, -0.25) is 4.90 Å². The van der Waals surface area contributed by atoms with Gasteiger partial charge in [-0.1, -0.05) is 45.0 Å². The van der Waals surface area contributed by atoms with Crippen LogP contribution in [-0.4, -0.2) is 17.0 Å². The predicted molar refractivity (Wildman–Crippen MR) is 84.3 cm³/mol. The van der Waals surface area contributed by atoms with Crippen LogP contribution in [0.1, 0.15) is 51.2 Å². The van der Waals surface area contributed by atoms with Crippen LogP contribution in [0.2, 0.25) is 0 Å². The molecule has 1 aliphatic heterocycles. The van der Waals surface area contributed by atoms with Crippen molar-refractivity contribution < 1.29 is 0 Å². The summed E-state index contributed by atoms with van der Waals surface area (Å²) < 4.78 is 0. The summed E-state index contributed by atoms with van der Waals surface area (Å²) in [5.74, 6) is 0.672. The molecule has 0 spiro atoms. The molecule has 1 aliphatic carbocycles. The normalized spacial score (nSPS) is 33.1.